The number of anilines is 4. The highest BCUT2D eigenvalue weighted by Gasteiger charge is 2.16. The first-order valence-electron chi connectivity index (χ1n) is 12.2. The number of aromatic nitrogens is 3. The largest absolute Gasteiger partial charge is 0.438 e. The zero-order valence-electron chi connectivity index (χ0n) is 20.8. The third kappa shape index (κ3) is 5.26. The Bertz CT molecular complexity index is 1340. The number of nitrogens with one attached hydrogen (secondary N) is 3. The number of hydrogen-bond acceptors (Lipinski definition) is 7. The lowest BCUT2D eigenvalue weighted by molar-refractivity contribution is -0.115. The Morgan fingerprint density at radius 2 is 1.69 bits per heavy atom. The van der Waals surface area contributed by atoms with E-state index in [2.05, 4.69) is 54.6 Å². The van der Waals surface area contributed by atoms with E-state index < -0.39 is 0 Å². The summed E-state index contributed by atoms with van der Waals surface area (Å²) in [5, 5.41) is 6.98. The van der Waals surface area contributed by atoms with Gasteiger partial charge in [-0.1, -0.05) is 6.92 Å². The number of aryl methyl sites for hydroxylation is 1. The van der Waals surface area contributed by atoms with Gasteiger partial charge in [-0.05, 0) is 68.1 Å². The van der Waals surface area contributed by atoms with Crippen LogP contribution in [0.3, 0.4) is 0 Å². The molecular weight excluding hydrogens is 454 g/mol. The Kier molecular flexibility index (Phi) is 6.73. The quantitative estimate of drug-likeness (QED) is 0.342. The molecule has 0 saturated carbocycles. The predicted molar refractivity (Wildman–Crippen MR) is 143 cm³/mol. The number of amides is 1. The van der Waals surface area contributed by atoms with Crippen LogP contribution in [0.5, 0.6) is 11.6 Å². The van der Waals surface area contributed by atoms with E-state index in [0.29, 0.717) is 29.6 Å². The normalized spacial score (nSPS) is 14.1. The molecule has 2 aromatic carbocycles. The molecule has 2 aromatic heterocycles. The number of carbonyl (C=O) groups is 1. The smallest absolute Gasteiger partial charge is 0.233 e. The van der Waals surface area contributed by atoms with Gasteiger partial charge in [0.1, 0.15) is 11.4 Å². The fourth-order valence-electron chi connectivity index (χ4n) is 4.20. The summed E-state index contributed by atoms with van der Waals surface area (Å²) >= 11 is 0. The number of fused-ring (bicyclic) bond motifs is 1. The molecule has 9 heteroatoms. The molecule has 1 fully saturated rings. The fraction of sp³-hybridized carbons (Fsp3) is 0.296. The number of likely N-dealkylation sites (N-methyl/N-ethyl adjacent to an activating group) is 1. The molecule has 3 N–H and O–H groups in total. The van der Waals surface area contributed by atoms with Gasteiger partial charge >= 0.3 is 0 Å². The maximum atomic E-state index is 11.6. The molecule has 0 spiro atoms. The summed E-state index contributed by atoms with van der Waals surface area (Å²) in [7, 11) is 2.16. The minimum absolute atomic E-state index is 0.0311. The van der Waals surface area contributed by atoms with Gasteiger partial charge in [-0.2, -0.15) is 9.97 Å². The monoisotopic (exact) mass is 485 g/mol. The number of rotatable bonds is 7. The topological polar surface area (TPSA) is 98.4 Å². The van der Waals surface area contributed by atoms with Crippen LogP contribution in [0.15, 0.2) is 54.7 Å². The molecule has 9 nitrogen and oxygen atoms in total. The van der Waals surface area contributed by atoms with Crippen LogP contribution in [0.4, 0.5) is 23.0 Å². The molecule has 1 aliphatic heterocycles. The summed E-state index contributed by atoms with van der Waals surface area (Å²) in [5.74, 6) is 1.49. The van der Waals surface area contributed by atoms with Crippen LogP contribution in [0, 0.1) is 6.92 Å². The van der Waals surface area contributed by atoms with E-state index in [4.69, 9.17) is 4.74 Å². The van der Waals surface area contributed by atoms with Gasteiger partial charge in [0.2, 0.25) is 17.7 Å². The lowest BCUT2D eigenvalue weighted by atomic mass is 10.2. The Balaban J connectivity index is 1.34. The first-order valence-corrected chi connectivity index (χ1v) is 12.2. The molecule has 5 rings (SSSR count). The second-order valence-electron chi connectivity index (χ2n) is 9.04. The number of benzene rings is 2. The van der Waals surface area contributed by atoms with Crippen LogP contribution in [-0.4, -0.2) is 59.0 Å². The number of aromatic amines is 1. The second-order valence-corrected chi connectivity index (χ2v) is 9.04. The molecule has 0 atom stereocenters. The van der Waals surface area contributed by atoms with Crippen molar-refractivity contribution in [2.75, 3.05) is 48.8 Å². The van der Waals surface area contributed by atoms with E-state index in [1.54, 1.807) is 0 Å². The third-order valence-corrected chi connectivity index (χ3v) is 6.36. The van der Waals surface area contributed by atoms with Crippen LogP contribution in [0.1, 0.15) is 18.9 Å². The molecule has 186 valence electrons. The molecule has 36 heavy (non-hydrogen) atoms. The second kappa shape index (κ2) is 10.2. The van der Waals surface area contributed by atoms with Crippen molar-refractivity contribution in [1.29, 1.82) is 0 Å². The summed E-state index contributed by atoms with van der Waals surface area (Å²) in [6.45, 7) is 8.01. The van der Waals surface area contributed by atoms with E-state index in [9.17, 15) is 4.79 Å². The van der Waals surface area contributed by atoms with E-state index >= 15 is 0 Å². The molecule has 0 bridgehead atoms. The van der Waals surface area contributed by atoms with E-state index in [1.807, 2.05) is 56.4 Å². The number of H-pyrrole nitrogens is 1. The van der Waals surface area contributed by atoms with Crippen molar-refractivity contribution in [3.05, 3.63) is 60.3 Å². The van der Waals surface area contributed by atoms with Gasteiger partial charge in [-0.15, -0.1) is 0 Å². The maximum Gasteiger partial charge on any atom is 0.233 e. The molecule has 0 radical (unpaired) electrons. The summed E-state index contributed by atoms with van der Waals surface area (Å²) < 4.78 is 6.17. The first kappa shape index (κ1) is 23.6. The highest BCUT2D eigenvalue weighted by atomic mass is 16.5. The average molecular weight is 486 g/mol. The van der Waals surface area contributed by atoms with Crippen LogP contribution in [0.2, 0.25) is 0 Å². The molecular formula is C27H31N7O2. The summed E-state index contributed by atoms with van der Waals surface area (Å²) in [5.41, 5.74) is 4.53. The van der Waals surface area contributed by atoms with Gasteiger partial charge in [-0.3, -0.25) is 4.79 Å². The lowest BCUT2D eigenvalue weighted by Crippen LogP contribution is -2.44. The van der Waals surface area contributed by atoms with Gasteiger partial charge < -0.3 is 30.2 Å². The van der Waals surface area contributed by atoms with Gasteiger partial charge in [0.25, 0.3) is 0 Å². The first-order chi connectivity index (χ1) is 17.5. The molecule has 0 aliphatic carbocycles. The van der Waals surface area contributed by atoms with Crippen molar-refractivity contribution in [3.8, 4) is 11.6 Å². The van der Waals surface area contributed by atoms with Crippen LogP contribution in [-0.2, 0) is 4.79 Å². The summed E-state index contributed by atoms with van der Waals surface area (Å²) in [4.78, 5) is 28.9. The van der Waals surface area contributed by atoms with Gasteiger partial charge in [0, 0.05) is 55.9 Å². The zero-order valence-corrected chi connectivity index (χ0v) is 20.8. The Morgan fingerprint density at radius 1 is 1.00 bits per heavy atom. The van der Waals surface area contributed by atoms with E-state index in [-0.39, 0.29) is 5.91 Å². The standard InChI is InChI=1S/C27H31N7O2/c1-4-23(35)29-19-7-11-22(12-8-19)36-26-24-18(2)17-28-25(24)31-27(32-26)30-20-5-9-21(10-6-20)34-15-13-33(3)14-16-34/h5-12,17H,4,13-16H2,1-3H3,(H,29,35)(H2,28,30,31,32). The number of piperazine rings is 1. The highest BCUT2D eigenvalue weighted by Crippen LogP contribution is 2.32. The van der Waals surface area contributed by atoms with Crippen LogP contribution < -0.4 is 20.3 Å². The SMILES string of the molecule is CCC(=O)Nc1ccc(Oc2nc(Nc3ccc(N4CCN(C)CC4)cc3)nc3[nH]cc(C)c23)cc1. The van der Waals surface area contributed by atoms with E-state index in [0.717, 1.165) is 48.5 Å². The predicted octanol–water partition coefficient (Wildman–Crippen LogP) is 4.90. The molecule has 1 saturated heterocycles. The zero-order chi connectivity index (χ0) is 25.1. The minimum Gasteiger partial charge on any atom is -0.438 e. The molecule has 1 amide bonds. The maximum absolute atomic E-state index is 11.6. The fourth-order valence-corrected chi connectivity index (χ4v) is 4.20. The van der Waals surface area contributed by atoms with Crippen molar-refractivity contribution in [1.82, 2.24) is 19.9 Å². The van der Waals surface area contributed by atoms with Crippen molar-refractivity contribution in [2.24, 2.45) is 0 Å². The van der Waals surface area contributed by atoms with E-state index in [1.165, 1.54) is 5.69 Å². The molecule has 1 aliphatic rings. The van der Waals surface area contributed by atoms with Crippen molar-refractivity contribution in [3.63, 3.8) is 0 Å². The van der Waals surface area contributed by atoms with Gasteiger partial charge in [-0.25, -0.2) is 0 Å². The van der Waals surface area contributed by atoms with Crippen molar-refractivity contribution in [2.45, 2.75) is 20.3 Å². The lowest BCUT2D eigenvalue weighted by Gasteiger charge is -2.34. The summed E-state index contributed by atoms with van der Waals surface area (Å²) in [6.07, 6.45) is 2.32. The number of hydrogen-bond donors (Lipinski definition) is 3. The Morgan fingerprint density at radius 3 is 2.39 bits per heavy atom. The number of carbonyl (C=O) groups excluding carboxylic acids is 1. The minimum atomic E-state index is -0.0311. The Hall–Kier alpha value is -4.11. The highest BCUT2D eigenvalue weighted by molar-refractivity contribution is 5.90. The average Bonchev–Trinajstić information content (AvgIpc) is 3.27. The van der Waals surface area contributed by atoms with Crippen molar-refractivity contribution < 1.29 is 9.53 Å². The molecule has 3 heterocycles. The van der Waals surface area contributed by atoms with Crippen molar-refractivity contribution >= 4 is 40.0 Å². The number of nitrogens with zero attached hydrogens (tertiary/aromatic N) is 4. The van der Waals surface area contributed by atoms with Crippen LogP contribution in [0.25, 0.3) is 11.0 Å². The Labute approximate surface area is 210 Å². The van der Waals surface area contributed by atoms with Gasteiger partial charge in [0.15, 0.2) is 0 Å². The van der Waals surface area contributed by atoms with Gasteiger partial charge in [0.05, 0.1) is 5.39 Å². The third-order valence-electron chi connectivity index (χ3n) is 6.36. The molecule has 0 unspecified atom stereocenters. The summed E-state index contributed by atoms with van der Waals surface area (Å²) in [6, 6.07) is 15.6. The molecule has 4 aromatic rings. The van der Waals surface area contributed by atoms with Crippen LogP contribution >= 0.6 is 0 Å². The number of ether oxygens (including phenoxy) is 1.